The van der Waals surface area contributed by atoms with E-state index < -0.39 is 48.7 Å². The largest absolute Gasteiger partial charge is 0.504 e. The van der Waals surface area contributed by atoms with Crippen molar-refractivity contribution in [1.29, 1.82) is 0 Å². The van der Waals surface area contributed by atoms with E-state index >= 15 is 0 Å². The maximum Gasteiger partial charge on any atom is 0.334 e. The molecule has 39 heavy (non-hydrogen) atoms. The fourth-order valence-corrected chi connectivity index (χ4v) is 4.14. The number of nitrogens with one attached hydrogen (secondary N) is 1. The van der Waals surface area contributed by atoms with Crippen LogP contribution in [-0.2, 0) is 30.2 Å². The summed E-state index contributed by atoms with van der Waals surface area (Å²) in [5.41, 5.74) is 1.51. The van der Waals surface area contributed by atoms with Gasteiger partial charge in [0.2, 0.25) is 0 Å². The van der Waals surface area contributed by atoms with Crippen LogP contribution in [0.25, 0.3) is 6.08 Å². The Labute approximate surface area is 226 Å². The summed E-state index contributed by atoms with van der Waals surface area (Å²) in [4.78, 5) is 25.3. The quantitative estimate of drug-likeness (QED) is 0.201. The van der Waals surface area contributed by atoms with Gasteiger partial charge in [-0.15, -0.1) is 0 Å². The van der Waals surface area contributed by atoms with Gasteiger partial charge in [-0.3, -0.25) is 4.79 Å². The normalized spacial score (nSPS) is 24.1. The Morgan fingerprint density at radius 2 is 1.82 bits per heavy atom. The van der Waals surface area contributed by atoms with Gasteiger partial charge in [-0.1, -0.05) is 36.4 Å². The minimum absolute atomic E-state index is 0.0312. The Morgan fingerprint density at radius 1 is 1.10 bits per heavy atom. The van der Waals surface area contributed by atoms with E-state index in [1.165, 1.54) is 13.2 Å². The number of carbonyl (C=O) groups is 2. The molecule has 0 aliphatic carbocycles. The summed E-state index contributed by atoms with van der Waals surface area (Å²) in [7, 11) is 1.40. The van der Waals surface area contributed by atoms with E-state index in [1.54, 1.807) is 25.1 Å². The van der Waals surface area contributed by atoms with Crippen molar-refractivity contribution in [2.45, 2.75) is 57.1 Å². The SMILES string of the molecule is COc1cc(/C=C(\Cc2ccccc2)C(=O)O[C@@H]2[C@H](OC(C)=O)[C@@H](O)[C@H](CNC[C@H](C)O)O[C@H]2O)ccc1O. The van der Waals surface area contributed by atoms with Crippen molar-refractivity contribution < 1.29 is 49.0 Å². The summed E-state index contributed by atoms with van der Waals surface area (Å²) in [6.45, 7) is 2.94. The molecule has 1 fully saturated rings. The number of aliphatic hydroxyl groups is 3. The fourth-order valence-electron chi connectivity index (χ4n) is 4.14. The van der Waals surface area contributed by atoms with Gasteiger partial charge in [-0.25, -0.2) is 4.79 Å². The number of esters is 2. The zero-order valence-corrected chi connectivity index (χ0v) is 22.0. The molecule has 3 rings (SSSR count). The molecule has 0 unspecified atom stereocenters. The predicted octanol–water partition coefficient (Wildman–Crippen LogP) is 0.919. The molecule has 0 radical (unpaired) electrons. The van der Waals surface area contributed by atoms with Crippen LogP contribution < -0.4 is 10.1 Å². The first-order chi connectivity index (χ1) is 18.6. The maximum atomic E-state index is 13.5. The minimum atomic E-state index is -1.72. The number of carbonyl (C=O) groups excluding carboxylic acids is 2. The van der Waals surface area contributed by atoms with Gasteiger partial charge >= 0.3 is 11.9 Å². The molecular weight excluding hydrogens is 510 g/mol. The molecule has 2 aromatic rings. The number of hydrogen-bond acceptors (Lipinski definition) is 11. The zero-order valence-electron chi connectivity index (χ0n) is 22.0. The topological polar surface area (TPSA) is 164 Å². The van der Waals surface area contributed by atoms with E-state index in [1.807, 2.05) is 30.3 Å². The van der Waals surface area contributed by atoms with Crippen LogP contribution >= 0.6 is 0 Å². The Balaban J connectivity index is 1.88. The standard InChI is InChI=1S/C28H35NO10/c1-16(30)14-29-15-23-24(33)25(37-17(2)31)26(28(35)38-23)39-27(34)20(11-18-7-5-4-6-8-18)12-19-9-10-21(32)22(13-19)36-3/h4-10,12-13,16,23-26,28-30,32-33,35H,11,14-15H2,1-3H3/b20-12+/t16-,23-,24-,25+,26+,28+/m0/s1. The van der Waals surface area contributed by atoms with Crippen molar-refractivity contribution in [3.63, 3.8) is 0 Å². The smallest absolute Gasteiger partial charge is 0.334 e. The first-order valence-electron chi connectivity index (χ1n) is 12.5. The molecule has 2 aromatic carbocycles. The van der Waals surface area contributed by atoms with E-state index in [-0.39, 0.29) is 36.6 Å². The molecule has 0 amide bonds. The van der Waals surface area contributed by atoms with E-state index in [4.69, 9.17) is 18.9 Å². The molecule has 1 saturated heterocycles. The Bertz CT molecular complexity index is 1140. The molecule has 1 aliphatic heterocycles. The molecular formula is C28H35NO10. The fraction of sp³-hybridized carbons (Fsp3) is 0.429. The van der Waals surface area contributed by atoms with Gasteiger partial charge in [0.05, 0.1) is 13.2 Å². The lowest BCUT2D eigenvalue weighted by Gasteiger charge is -2.41. The number of rotatable bonds is 11. The molecule has 5 N–H and O–H groups in total. The molecule has 11 nitrogen and oxygen atoms in total. The highest BCUT2D eigenvalue weighted by atomic mass is 16.7. The van der Waals surface area contributed by atoms with E-state index in [0.717, 1.165) is 12.5 Å². The van der Waals surface area contributed by atoms with E-state index in [2.05, 4.69) is 5.32 Å². The highest BCUT2D eigenvalue weighted by molar-refractivity contribution is 5.94. The van der Waals surface area contributed by atoms with Gasteiger partial charge in [-0.2, -0.15) is 0 Å². The van der Waals surface area contributed by atoms with Gasteiger partial charge in [0.15, 0.2) is 30.0 Å². The van der Waals surface area contributed by atoms with Gasteiger partial charge in [0.25, 0.3) is 0 Å². The second kappa shape index (κ2) is 14.1. The van der Waals surface area contributed by atoms with Gasteiger partial charge in [0.1, 0.15) is 12.2 Å². The third-order valence-corrected chi connectivity index (χ3v) is 6.01. The van der Waals surface area contributed by atoms with Crippen LogP contribution in [0.4, 0.5) is 0 Å². The molecule has 0 bridgehead atoms. The third kappa shape index (κ3) is 8.50. The van der Waals surface area contributed by atoms with Crippen molar-refractivity contribution in [3.05, 3.63) is 65.2 Å². The first-order valence-corrected chi connectivity index (χ1v) is 12.5. The Hall–Kier alpha value is -3.48. The number of phenolic OH excluding ortho intramolecular Hbond substituents is 1. The Morgan fingerprint density at radius 3 is 2.46 bits per heavy atom. The number of aromatic hydroxyl groups is 1. The molecule has 212 valence electrons. The lowest BCUT2D eigenvalue weighted by molar-refractivity contribution is -0.287. The van der Waals surface area contributed by atoms with Crippen LogP contribution in [0.2, 0.25) is 0 Å². The predicted molar refractivity (Wildman–Crippen MR) is 140 cm³/mol. The lowest BCUT2D eigenvalue weighted by atomic mass is 9.97. The zero-order chi connectivity index (χ0) is 28.5. The van der Waals surface area contributed by atoms with Crippen molar-refractivity contribution in [1.82, 2.24) is 5.32 Å². The minimum Gasteiger partial charge on any atom is -0.504 e. The second-order valence-electron chi connectivity index (χ2n) is 9.27. The van der Waals surface area contributed by atoms with Crippen molar-refractivity contribution in [2.75, 3.05) is 20.2 Å². The number of benzene rings is 2. The second-order valence-corrected chi connectivity index (χ2v) is 9.27. The van der Waals surface area contributed by atoms with Crippen LogP contribution in [0.5, 0.6) is 11.5 Å². The monoisotopic (exact) mass is 545 g/mol. The molecule has 11 heteroatoms. The summed E-state index contributed by atoms with van der Waals surface area (Å²) >= 11 is 0. The first kappa shape index (κ1) is 30.1. The summed E-state index contributed by atoms with van der Waals surface area (Å²) in [5.74, 6) is -1.45. The van der Waals surface area contributed by atoms with Crippen LogP contribution in [0.1, 0.15) is 25.0 Å². The van der Waals surface area contributed by atoms with Crippen LogP contribution in [0, 0.1) is 0 Å². The molecule has 6 atom stereocenters. The third-order valence-electron chi connectivity index (χ3n) is 6.01. The summed E-state index contributed by atoms with van der Waals surface area (Å²) in [6.07, 6.45) is -6.07. The van der Waals surface area contributed by atoms with Crippen molar-refractivity contribution in [3.8, 4) is 11.5 Å². The molecule has 0 saturated carbocycles. The Kier molecular flexibility index (Phi) is 10.8. The van der Waals surface area contributed by atoms with Crippen LogP contribution in [0.3, 0.4) is 0 Å². The molecule has 0 spiro atoms. The van der Waals surface area contributed by atoms with Crippen molar-refractivity contribution in [2.24, 2.45) is 0 Å². The highest BCUT2D eigenvalue weighted by Crippen LogP contribution is 2.29. The van der Waals surface area contributed by atoms with Crippen LogP contribution in [0.15, 0.2) is 54.1 Å². The van der Waals surface area contributed by atoms with Gasteiger partial charge < -0.3 is 44.7 Å². The number of ether oxygens (including phenoxy) is 4. The lowest BCUT2D eigenvalue weighted by Crippen LogP contribution is -2.62. The van der Waals surface area contributed by atoms with Crippen LogP contribution in [-0.4, -0.2) is 89.4 Å². The molecule has 1 heterocycles. The molecule has 0 aromatic heterocycles. The van der Waals surface area contributed by atoms with E-state index in [0.29, 0.717) is 5.56 Å². The van der Waals surface area contributed by atoms with Crippen molar-refractivity contribution >= 4 is 18.0 Å². The summed E-state index contributed by atoms with van der Waals surface area (Å²) < 4.78 is 21.5. The average molecular weight is 546 g/mol. The number of aliphatic hydroxyl groups excluding tert-OH is 3. The number of hydrogen-bond donors (Lipinski definition) is 5. The average Bonchev–Trinajstić information content (AvgIpc) is 2.89. The summed E-state index contributed by atoms with van der Waals surface area (Å²) in [6, 6.07) is 13.7. The van der Waals surface area contributed by atoms with E-state index in [9.17, 15) is 30.0 Å². The van der Waals surface area contributed by atoms with Gasteiger partial charge in [0, 0.05) is 32.0 Å². The number of phenols is 1. The maximum absolute atomic E-state index is 13.5. The van der Waals surface area contributed by atoms with Gasteiger partial charge in [-0.05, 0) is 36.3 Å². The summed E-state index contributed by atoms with van der Waals surface area (Å²) in [5, 5.41) is 43.9. The number of methoxy groups -OCH3 is 1. The molecule has 1 aliphatic rings. The highest BCUT2D eigenvalue weighted by Gasteiger charge is 2.49.